The molecule has 0 bridgehead atoms. The molecule has 3 nitrogen and oxygen atoms in total. The van der Waals surface area contributed by atoms with E-state index in [0.29, 0.717) is 0 Å². The van der Waals surface area contributed by atoms with Crippen molar-refractivity contribution in [3.63, 3.8) is 0 Å². The Kier molecular flexibility index (Phi) is 4.75. The number of anilines is 1. The minimum Gasteiger partial charge on any atom is -0.469 e. The van der Waals surface area contributed by atoms with Gasteiger partial charge in [-0.05, 0) is 26.0 Å². The Morgan fingerprint density at radius 2 is 2.12 bits per heavy atom. The summed E-state index contributed by atoms with van der Waals surface area (Å²) in [4.78, 5) is 11.3. The summed E-state index contributed by atoms with van der Waals surface area (Å²) in [5.41, 5.74) is 0.206. The molecule has 94 valence electrons. The van der Waals surface area contributed by atoms with E-state index in [2.05, 4.69) is 10.1 Å². The Morgan fingerprint density at radius 3 is 2.65 bits per heavy atom. The Bertz CT molecular complexity index is 391. The van der Waals surface area contributed by atoms with E-state index in [0.717, 1.165) is 0 Å². The quantitative estimate of drug-likeness (QED) is 0.845. The van der Waals surface area contributed by atoms with Crippen LogP contribution in [0.3, 0.4) is 0 Å². The van der Waals surface area contributed by atoms with Crippen LogP contribution in [0.4, 0.5) is 10.1 Å². The Balaban J connectivity index is 2.81. The molecule has 0 aromatic heterocycles. The van der Waals surface area contributed by atoms with E-state index in [1.165, 1.54) is 19.2 Å². The molecule has 0 aliphatic heterocycles. The molecular weight excluding hydrogens is 245 g/mol. The van der Waals surface area contributed by atoms with E-state index < -0.39 is 11.7 Å². The van der Waals surface area contributed by atoms with Crippen LogP contribution in [0, 0.1) is 11.7 Å². The van der Waals surface area contributed by atoms with E-state index in [9.17, 15) is 9.18 Å². The molecule has 1 aromatic carbocycles. The third kappa shape index (κ3) is 3.33. The second-order valence-electron chi connectivity index (χ2n) is 3.84. The highest BCUT2D eigenvalue weighted by Crippen LogP contribution is 2.26. The molecule has 0 fully saturated rings. The summed E-state index contributed by atoms with van der Waals surface area (Å²) >= 11 is 5.87. The van der Waals surface area contributed by atoms with E-state index in [1.54, 1.807) is 19.9 Å². The fraction of sp³-hybridized carbons (Fsp3) is 0.417. The number of hydrogen-bond donors (Lipinski definition) is 1. The molecule has 2 unspecified atom stereocenters. The molecular formula is C12H15ClFNO2. The number of carbonyl (C=O) groups is 1. The van der Waals surface area contributed by atoms with Gasteiger partial charge in [-0.25, -0.2) is 4.39 Å². The first kappa shape index (κ1) is 13.8. The normalized spacial score (nSPS) is 13.9. The van der Waals surface area contributed by atoms with Crippen molar-refractivity contribution in [3.05, 3.63) is 29.0 Å². The molecule has 1 rings (SSSR count). The number of methoxy groups -OCH3 is 1. The number of ether oxygens (including phenoxy) is 1. The molecule has 17 heavy (non-hydrogen) atoms. The molecule has 0 saturated heterocycles. The minimum atomic E-state index is -0.443. The summed E-state index contributed by atoms with van der Waals surface area (Å²) < 4.78 is 18.1. The number of carbonyl (C=O) groups excluding carboxylic acids is 1. The third-order valence-electron chi connectivity index (χ3n) is 2.66. The van der Waals surface area contributed by atoms with Crippen LogP contribution in [0.15, 0.2) is 18.2 Å². The van der Waals surface area contributed by atoms with Crippen LogP contribution in [0.2, 0.25) is 5.02 Å². The lowest BCUT2D eigenvalue weighted by Crippen LogP contribution is -2.31. The maximum absolute atomic E-state index is 13.5. The topological polar surface area (TPSA) is 38.3 Å². The van der Waals surface area contributed by atoms with Gasteiger partial charge in [-0.1, -0.05) is 17.7 Å². The zero-order valence-corrected chi connectivity index (χ0v) is 10.7. The van der Waals surface area contributed by atoms with Crippen LogP contribution < -0.4 is 5.32 Å². The maximum Gasteiger partial charge on any atom is 0.310 e. The van der Waals surface area contributed by atoms with Crippen molar-refractivity contribution >= 4 is 23.3 Å². The zero-order chi connectivity index (χ0) is 13.0. The number of para-hydroxylation sites is 1. The van der Waals surface area contributed by atoms with Crippen LogP contribution >= 0.6 is 11.6 Å². The smallest absolute Gasteiger partial charge is 0.310 e. The van der Waals surface area contributed by atoms with Crippen LogP contribution in [0.5, 0.6) is 0 Å². The molecule has 2 atom stereocenters. The molecule has 0 saturated carbocycles. The summed E-state index contributed by atoms with van der Waals surface area (Å²) in [6.45, 7) is 3.47. The van der Waals surface area contributed by atoms with E-state index in [4.69, 9.17) is 11.6 Å². The van der Waals surface area contributed by atoms with Gasteiger partial charge in [-0.2, -0.15) is 0 Å². The Labute approximate surface area is 105 Å². The van der Waals surface area contributed by atoms with Crippen molar-refractivity contribution in [2.24, 2.45) is 5.92 Å². The van der Waals surface area contributed by atoms with Gasteiger partial charge in [0.15, 0.2) is 0 Å². The predicted molar refractivity (Wildman–Crippen MR) is 65.7 cm³/mol. The Morgan fingerprint density at radius 1 is 1.47 bits per heavy atom. The lowest BCUT2D eigenvalue weighted by Gasteiger charge is -2.21. The van der Waals surface area contributed by atoms with Gasteiger partial charge in [0.1, 0.15) is 5.82 Å². The average molecular weight is 260 g/mol. The Hall–Kier alpha value is -1.29. The van der Waals surface area contributed by atoms with Crippen LogP contribution in [0.1, 0.15) is 13.8 Å². The van der Waals surface area contributed by atoms with Gasteiger partial charge in [-0.15, -0.1) is 0 Å². The van der Waals surface area contributed by atoms with Crippen molar-refractivity contribution in [2.45, 2.75) is 19.9 Å². The monoisotopic (exact) mass is 259 g/mol. The van der Waals surface area contributed by atoms with E-state index >= 15 is 0 Å². The van der Waals surface area contributed by atoms with Gasteiger partial charge in [-0.3, -0.25) is 4.79 Å². The fourth-order valence-electron chi connectivity index (χ4n) is 1.38. The van der Waals surface area contributed by atoms with Crippen molar-refractivity contribution in [3.8, 4) is 0 Å². The number of benzene rings is 1. The summed E-state index contributed by atoms with van der Waals surface area (Å²) in [5, 5.41) is 3.17. The van der Waals surface area contributed by atoms with Crippen molar-refractivity contribution < 1.29 is 13.9 Å². The van der Waals surface area contributed by atoms with E-state index in [1.807, 2.05) is 0 Å². The van der Waals surface area contributed by atoms with Crippen LogP contribution in [-0.2, 0) is 9.53 Å². The molecule has 0 aliphatic rings. The lowest BCUT2D eigenvalue weighted by molar-refractivity contribution is -0.145. The highest BCUT2D eigenvalue weighted by atomic mass is 35.5. The SMILES string of the molecule is COC(=O)C(C)C(C)Nc1c(F)cccc1Cl. The first-order chi connectivity index (χ1) is 7.97. The summed E-state index contributed by atoms with van der Waals surface area (Å²) in [7, 11) is 1.32. The molecule has 1 N–H and O–H groups in total. The summed E-state index contributed by atoms with van der Waals surface area (Å²) in [5.74, 6) is -1.19. The second kappa shape index (κ2) is 5.87. The number of hydrogen-bond acceptors (Lipinski definition) is 3. The molecule has 0 heterocycles. The third-order valence-corrected chi connectivity index (χ3v) is 2.97. The number of nitrogens with one attached hydrogen (secondary N) is 1. The zero-order valence-electron chi connectivity index (χ0n) is 9.96. The van der Waals surface area contributed by atoms with Gasteiger partial charge in [0.2, 0.25) is 0 Å². The van der Waals surface area contributed by atoms with Crippen LogP contribution in [0.25, 0.3) is 0 Å². The highest BCUT2D eigenvalue weighted by molar-refractivity contribution is 6.33. The molecule has 0 radical (unpaired) electrons. The minimum absolute atomic E-state index is 0.206. The van der Waals surface area contributed by atoms with Crippen LogP contribution in [-0.4, -0.2) is 19.1 Å². The largest absolute Gasteiger partial charge is 0.469 e. The highest BCUT2D eigenvalue weighted by Gasteiger charge is 2.22. The number of halogens is 2. The molecule has 0 amide bonds. The van der Waals surface area contributed by atoms with Gasteiger partial charge >= 0.3 is 5.97 Å². The predicted octanol–water partition coefficient (Wildman–Crippen LogP) is 3.09. The van der Waals surface area contributed by atoms with E-state index in [-0.39, 0.29) is 22.7 Å². The first-order valence-electron chi connectivity index (χ1n) is 5.25. The molecule has 5 heteroatoms. The molecule has 0 aliphatic carbocycles. The van der Waals surface area contributed by atoms with Crippen molar-refractivity contribution in [1.82, 2.24) is 0 Å². The van der Waals surface area contributed by atoms with Crippen molar-refractivity contribution in [2.75, 3.05) is 12.4 Å². The second-order valence-corrected chi connectivity index (χ2v) is 4.25. The summed E-state index contributed by atoms with van der Waals surface area (Å²) in [6.07, 6.45) is 0. The fourth-order valence-corrected chi connectivity index (χ4v) is 1.60. The number of rotatable bonds is 4. The van der Waals surface area contributed by atoms with Crippen molar-refractivity contribution in [1.29, 1.82) is 0 Å². The molecule has 1 aromatic rings. The lowest BCUT2D eigenvalue weighted by atomic mass is 10.0. The number of esters is 1. The van der Waals surface area contributed by atoms with Gasteiger partial charge in [0.25, 0.3) is 0 Å². The molecule has 0 spiro atoms. The summed E-state index contributed by atoms with van der Waals surface area (Å²) in [6, 6.07) is 4.14. The van der Waals surface area contributed by atoms with Gasteiger partial charge in [0, 0.05) is 6.04 Å². The van der Waals surface area contributed by atoms with Gasteiger partial charge < -0.3 is 10.1 Å². The first-order valence-corrected chi connectivity index (χ1v) is 5.63. The maximum atomic E-state index is 13.5. The standard InChI is InChI=1S/C12H15ClFNO2/c1-7(12(16)17-3)8(2)15-11-9(13)5-4-6-10(11)14/h4-8,15H,1-3H3. The average Bonchev–Trinajstić information content (AvgIpc) is 2.31. The van der Waals surface area contributed by atoms with Gasteiger partial charge in [0.05, 0.1) is 23.7 Å².